The highest BCUT2D eigenvalue weighted by Crippen LogP contribution is 2.27. The second kappa shape index (κ2) is 7.08. The number of benzene rings is 2. The van der Waals surface area contributed by atoms with Gasteiger partial charge in [0.1, 0.15) is 12.1 Å². The van der Waals surface area contributed by atoms with Crippen LogP contribution in [0.4, 0.5) is 5.82 Å². The second-order valence-corrected chi connectivity index (χ2v) is 9.41. The van der Waals surface area contributed by atoms with Crippen molar-refractivity contribution in [1.29, 1.82) is 0 Å². The monoisotopic (exact) mass is 444 g/mol. The molecule has 2 aromatic heterocycles. The molecule has 11 heteroatoms. The predicted octanol–water partition coefficient (Wildman–Crippen LogP) is 1.96. The molecular formula is C19H17ClN6O3S. The molecule has 0 saturated carbocycles. The summed E-state index contributed by atoms with van der Waals surface area (Å²) in [7, 11) is -3.68. The molecule has 1 saturated heterocycles. The Balaban J connectivity index is 1.39. The minimum absolute atomic E-state index is 0.154. The lowest BCUT2D eigenvalue weighted by atomic mass is 10.2. The third-order valence-corrected chi connectivity index (χ3v) is 7.37. The molecule has 1 aliphatic heterocycles. The highest BCUT2D eigenvalue weighted by molar-refractivity contribution is 7.89. The summed E-state index contributed by atoms with van der Waals surface area (Å²) in [5.74, 6) is 0.764. The van der Waals surface area contributed by atoms with Gasteiger partial charge in [-0.05, 0) is 36.4 Å². The van der Waals surface area contributed by atoms with E-state index >= 15 is 0 Å². The van der Waals surface area contributed by atoms with Gasteiger partial charge in [-0.1, -0.05) is 11.6 Å². The summed E-state index contributed by atoms with van der Waals surface area (Å²) >= 11 is 6.05. The van der Waals surface area contributed by atoms with E-state index in [2.05, 4.69) is 24.8 Å². The Hall–Kier alpha value is -2.95. The minimum atomic E-state index is -3.68. The lowest BCUT2D eigenvalue weighted by Gasteiger charge is -2.35. The Labute approximate surface area is 176 Å². The first-order valence-electron chi connectivity index (χ1n) is 9.29. The van der Waals surface area contributed by atoms with Crippen LogP contribution in [0.1, 0.15) is 0 Å². The van der Waals surface area contributed by atoms with Crippen LogP contribution in [-0.4, -0.2) is 58.8 Å². The van der Waals surface area contributed by atoms with E-state index in [4.69, 9.17) is 11.6 Å². The van der Waals surface area contributed by atoms with Gasteiger partial charge >= 0.3 is 5.69 Å². The molecule has 1 fully saturated rings. The zero-order chi connectivity index (χ0) is 20.9. The number of sulfonamides is 1. The van der Waals surface area contributed by atoms with Crippen molar-refractivity contribution in [2.24, 2.45) is 0 Å². The standard InChI is InChI=1S/C19H17ClN6O3S/c20-12-1-3-14-16(9-12)21-11-22-18(14)25-5-7-26(8-6-25)30(28,29)13-2-4-15-17(10-13)24-19(27)23-15/h1-4,9-11H,5-8H2,(H2,23,24,27). The van der Waals surface area contributed by atoms with E-state index in [0.29, 0.717) is 42.2 Å². The van der Waals surface area contributed by atoms with E-state index in [0.717, 1.165) is 16.7 Å². The van der Waals surface area contributed by atoms with Crippen molar-refractivity contribution in [2.75, 3.05) is 31.1 Å². The quantitative estimate of drug-likeness (QED) is 0.499. The first kappa shape index (κ1) is 19.0. The molecule has 0 bridgehead atoms. The molecular weight excluding hydrogens is 428 g/mol. The molecule has 0 radical (unpaired) electrons. The van der Waals surface area contributed by atoms with Gasteiger partial charge in [-0.2, -0.15) is 4.31 Å². The van der Waals surface area contributed by atoms with Crippen LogP contribution in [0, 0.1) is 0 Å². The summed E-state index contributed by atoms with van der Waals surface area (Å²) in [5.41, 5.74) is 1.41. The lowest BCUT2D eigenvalue weighted by Crippen LogP contribution is -2.49. The smallest absolute Gasteiger partial charge is 0.323 e. The summed E-state index contributed by atoms with van der Waals surface area (Å²) in [4.78, 5) is 27.5. The van der Waals surface area contributed by atoms with Gasteiger partial charge in [-0.15, -0.1) is 0 Å². The van der Waals surface area contributed by atoms with E-state index < -0.39 is 10.0 Å². The molecule has 9 nitrogen and oxygen atoms in total. The Morgan fingerprint density at radius 1 is 0.933 bits per heavy atom. The highest BCUT2D eigenvalue weighted by Gasteiger charge is 2.29. The Morgan fingerprint density at radius 3 is 2.50 bits per heavy atom. The fraction of sp³-hybridized carbons (Fsp3) is 0.211. The van der Waals surface area contributed by atoms with Crippen molar-refractivity contribution in [3.63, 3.8) is 0 Å². The number of aromatic amines is 2. The molecule has 0 aliphatic carbocycles. The molecule has 1 aliphatic rings. The predicted molar refractivity (Wildman–Crippen MR) is 114 cm³/mol. The third kappa shape index (κ3) is 3.22. The Bertz CT molecular complexity index is 1420. The van der Waals surface area contributed by atoms with Gasteiger partial charge < -0.3 is 14.9 Å². The molecule has 3 heterocycles. The van der Waals surface area contributed by atoms with Crippen LogP contribution in [0.25, 0.3) is 21.9 Å². The van der Waals surface area contributed by atoms with E-state index in [1.165, 1.54) is 22.8 Å². The summed E-state index contributed by atoms with van der Waals surface area (Å²) in [6, 6.07) is 10.0. The average Bonchev–Trinajstić information content (AvgIpc) is 3.12. The zero-order valence-corrected chi connectivity index (χ0v) is 17.2. The van der Waals surface area contributed by atoms with Crippen LogP contribution >= 0.6 is 11.6 Å². The zero-order valence-electron chi connectivity index (χ0n) is 15.7. The number of fused-ring (bicyclic) bond motifs is 2. The maximum atomic E-state index is 13.1. The minimum Gasteiger partial charge on any atom is -0.353 e. The van der Waals surface area contributed by atoms with Crippen LogP contribution in [0.15, 0.2) is 52.4 Å². The molecule has 2 N–H and O–H groups in total. The van der Waals surface area contributed by atoms with Crippen LogP contribution in [0.5, 0.6) is 0 Å². The number of rotatable bonds is 3. The van der Waals surface area contributed by atoms with Gasteiger partial charge in [0.25, 0.3) is 0 Å². The fourth-order valence-corrected chi connectivity index (χ4v) is 5.34. The van der Waals surface area contributed by atoms with E-state index in [9.17, 15) is 13.2 Å². The van der Waals surface area contributed by atoms with Crippen molar-refractivity contribution in [3.8, 4) is 0 Å². The van der Waals surface area contributed by atoms with Gasteiger partial charge in [0.2, 0.25) is 10.0 Å². The summed E-state index contributed by atoms with van der Waals surface area (Å²) in [5, 5.41) is 1.48. The number of aromatic nitrogens is 4. The number of nitrogens with one attached hydrogen (secondary N) is 2. The normalized spacial score (nSPS) is 15.8. The molecule has 2 aromatic carbocycles. The first-order valence-corrected chi connectivity index (χ1v) is 11.1. The number of anilines is 1. The molecule has 0 amide bonds. The summed E-state index contributed by atoms with van der Waals surface area (Å²) in [6.45, 7) is 1.64. The Kier molecular flexibility index (Phi) is 4.49. The van der Waals surface area contributed by atoms with Gasteiger partial charge in [-0.25, -0.2) is 23.2 Å². The van der Waals surface area contributed by atoms with Crippen LogP contribution in [0.2, 0.25) is 5.02 Å². The molecule has 154 valence electrons. The van der Waals surface area contributed by atoms with Gasteiger partial charge in [0.05, 0.1) is 21.4 Å². The number of nitrogens with zero attached hydrogens (tertiary/aromatic N) is 4. The largest absolute Gasteiger partial charge is 0.353 e. The van der Waals surface area contributed by atoms with Crippen molar-refractivity contribution < 1.29 is 8.42 Å². The lowest BCUT2D eigenvalue weighted by molar-refractivity contribution is 0.384. The topological polar surface area (TPSA) is 115 Å². The molecule has 5 rings (SSSR count). The van der Waals surface area contributed by atoms with Crippen LogP contribution in [-0.2, 0) is 10.0 Å². The number of halogens is 1. The maximum absolute atomic E-state index is 13.1. The van der Waals surface area contributed by atoms with Crippen molar-refractivity contribution >= 4 is 49.4 Å². The van der Waals surface area contributed by atoms with E-state index in [-0.39, 0.29) is 10.6 Å². The highest BCUT2D eigenvalue weighted by atomic mass is 35.5. The van der Waals surface area contributed by atoms with Crippen molar-refractivity contribution in [2.45, 2.75) is 4.90 Å². The number of H-pyrrole nitrogens is 2. The van der Waals surface area contributed by atoms with E-state index in [1.54, 1.807) is 18.2 Å². The van der Waals surface area contributed by atoms with Crippen molar-refractivity contribution in [1.82, 2.24) is 24.2 Å². The Morgan fingerprint density at radius 2 is 1.70 bits per heavy atom. The van der Waals surface area contributed by atoms with Crippen LogP contribution < -0.4 is 10.6 Å². The molecule has 0 atom stereocenters. The first-order chi connectivity index (χ1) is 14.4. The molecule has 0 unspecified atom stereocenters. The fourth-order valence-electron chi connectivity index (χ4n) is 3.73. The summed E-state index contributed by atoms with van der Waals surface area (Å²) < 4.78 is 27.6. The van der Waals surface area contributed by atoms with Crippen molar-refractivity contribution in [3.05, 3.63) is 58.2 Å². The van der Waals surface area contributed by atoms with Gasteiger partial charge in [-0.3, -0.25) is 0 Å². The second-order valence-electron chi connectivity index (χ2n) is 7.04. The van der Waals surface area contributed by atoms with Crippen LogP contribution in [0.3, 0.4) is 0 Å². The SMILES string of the molecule is O=c1[nH]c2ccc(S(=O)(=O)N3CCN(c4ncnc5cc(Cl)ccc45)CC3)cc2[nH]1. The molecule has 4 aromatic rings. The number of piperazine rings is 1. The average molecular weight is 445 g/mol. The van der Waals surface area contributed by atoms with Gasteiger partial charge in [0, 0.05) is 36.6 Å². The maximum Gasteiger partial charge on any atom is 0.323 e. The summed E-state index contributed by atoms with van der Waals surface area (Å²) in [6.07, 6.45) is 1.49. The molecule has 30 heavy (non-hydrogen) atoms. The third-order valence-electron chi connectivity index (χ3n) is 5.24. The number of hydrogen-bond acceptors (Lipinski definition) is 6. The van der Waals surface area contributed by atoms with E-state index in [1.807, 2.05) is 6.07 Å². The number of imidazole rings is 1. The van der Waals surface area contributed by atoms with Gasteiger partial charge in [0.15, 0.2) is 0 Å². The number of hydrogen-bond donors (Lipinski definition) is 2. The molecule has 0 spiro atoms.